The zero-order chi connectivity index (χ0) is 7.65. The Morgan fingerprint density at radius 2 is 1.33 bits per heavy atom. The summed E-state index contributed by atoms with van der Waals surface area (Å²) in [5, 5.41) is -1.31. The van der Waals surface area contributed by atoms with Gasteiger partial charge in [-0.2, -0.15) is 0 Å². The largest absolute Gasteiger partial charge is 0.140 e. The van der Waals surface area contributed by atoms with Gasteiger partial charge in [0.05, 0.1) is 0 Å². The van der Waals surface area contributed by atoms with Gasteiger partial charge < -0.3 is 0 Å². The van der Waals surface area contributed by atoms with Gasteiger partial charge in [-0.05, 0) is 11.3 Å². The summed E-state index contributed by atoms with van der Waals surface area (Å²) in [4.78, 5) is 0. The maximum Gasteiger partial charge on any atom is 0.00823 e. The molecule has 0 fully saturated rings. The summed E-state index contributed by atoms with van der Waals surface area (Å²) in [5.41, 5.74) is 1.16. The summed E-state index contributed by atoms with van der Waals surface area (Å²) in [5.74, 6) is 0. The zero-order valence-corrected chi connectivity index (χ0v) is 9.06. The van der Waals surface area contributed by atoms with Crippen LogP contribution in [0.15, 0.2) is 0 Å². The van der Waals surface area contributed by atoms with Crippen molar-refractivity contribution in [2.75, 3.05) is 0 Å². The third-order valence-corrected chi connectivity index (χ3v) is 9.74. The lowest BCUT2D eigenvalue weighted by Gasteiger charge is -2.23. The molecule has 9 heavy (non-hydrogen) atoms. The molecule has 0 heterocycles. The van der Waals surface area contributed by atoms with Crippen LogP contribution < -0.4 is 0 Å². The molecule has 0 aliphatic heterocycles. The van der Waals surface area contributed by atoms with Crippen molar-refractivity contribution in [2.45, 2.75) is 39.0 Å². The Balaban J connectivity index is 4.21. The first-order chi connectivity index (χ1) is 3.89. The summed E-state index contributed by atoms with van der Waals surface area (Å²) in [6, 6.07) is 0. The van der Waals surface area contributed by atoms with Crippen LogP contribution in [0.5, 0.6) is 0 Å². The van der Waals surface area contributed by atoms with Crippen molar-refractivity contribution in [1.29, 1.82) is 0 Å². The van der Waals surface area contributed by atoms with E-state index in [9.17, 15) is 0 Å². The maximum atomic E-state index is 5.37. The van der Waals surface area contributed by atoms with Gasteiger partial charge in [0.2, 0.25) is 0 Å². The quantitative estimate of drug-likeness (QED) is 0.505. The molecule has 0 unspecified atom stereocenters. The fraction of sp³-hybridized carbons (Fsp3) is 1.00. The lowest BCUT2D eigenvalue weighted by molar-refractivity contribution is 1.03. The molecule has 0 N–H and O–H groups in total. The summed E-state index contributed by atoms with van der Waals surface area (Å²) in [6.45, 7) is 8.64. The molecule has 0 nitrogen and oxygen atoms in total. The highest BCUT2D eigenvalue weighted by atomic mass is 32.9. The Kier molecular flexibility index (Phi) is 3.79. The van der Waals surface area contributed by atoms with Crippen molar-refractivity contribution in [3.05, 3.63) is 0 Å². The smallest absolute Gasteiger partial charge is 0.00823 e. The Hall–Kier alpha value is 1.00. The van der Waals surface area contributed by atoms with E-state index in [1.807, 2.05) is 0 Å². The van der Waals surface area contributed by atoms with Crippen LogP contribution in [0.3, 0.4) is 0 Å². The van der Waals surface area contributed by atoms with Crippen LogP contribution in [0.1, 0.15) is 27.7 Å². The first kappa shape index (κ1) is 10.0. The highest BCUT2D eigenvalue weighted by Crippen LogP contribution is 2.59. The third-order valence-electron chi connectivity index (χ3n) is 1.48. The minimum atomic E-state index is -1.31. The van der Waals surface area contributed by atoms with Crippen molar-refractivity contribution in [1.82, 2.24) is 0 Å². The summed E-state index contributed by atoms with van der Waals surface area (Å²) < 4.78 is 0. The SMILES string of the molecule is CC(C)P(=S)(S)C(C)C. The molecular formula is C6H15PS2. The normalized spacial score (nSPS) is 13.2. The Morgan fingerprint density at radius 1 is 1.11 bits per heavy atom. The second-order valence-electron chi connectivity index (χ2n) is 2.86. The molecule has 0 saturated carbocycles. The average molecular weight is 182 g/mol. The molecule has 0 rings (SSSR count). The average Bonchev–Trinajstić information content (AvgIpc) is 1.65. The highest BCUT2D eigenvalue weighted by molar-refractivity contribution is 8.63. The molecule has 0 aliphatic rings. The summed E-state index contributed by atoms with van der Waals surface area (Å²) in [7, 11) is 0. The predicted octanol–water partition coefficient (Wildman–Crippen LogP) is 3.13. The van der Waals surface area contributed by atoms with E-state index in [1.54, 1.807) is 0 Å². The Labute approximate surface area is 68.6 Å². The standard InChI is InChI=1S/C6H15PS2/c1-5(2)7(8,9)6(3)4/h5-6H,1-4H3,(H,8,9). The van der Waals surface area contributed by atoms with E-state index >= 15 is 0 Å². The second kappa shape index (κ2) is 3.41. The molecule has 0 aliphatic carbocycles. The molecule has 0 atom stereocenters. The van der Waals surface area contributed by atoms with Crippen LogP contribution in [-0.2, 0) is 11.8 Å². The van der Waals surface area contributed by atoms with Gasteiger partial charge in [0, 0.05) is 5.24 Å². The third kappa shape index (κ3) is 2.61. The van der Waals surface area contributed by atoms with E-state index in [4.69, 9.17) is 11.8 Å². The molecule has 0 saturated heterocycles. The van der Waals surface area contributed by atoms with Crippen LogP contribution in [-0.4, -0.2) is 11.3 Å². The molecule has 0 aromatic carbocycles. The van der Waals surface area contributed by atoms with Crippen LogP contribution >= 0.6 is 17.5 Å². The molecular weight excluding hydrogens is 167 g/mol. The van der Waals surface area contributed by atoms with Gasteiger partial charge in [-0.25, -0.2) is 0 Å². The van der Waals surface area contributed by atoms with E-state index in [1.165, 1.54) is 0 Å². The van der Waals surface area contributed by atoms with Gasteiger partial charge in [0.25, 0.3) is 0 Å². The Morgan fingerprint density at radius 3 is 1.33 bits per heavy atom. The van der Waals surface area contributed by atoms with Gasteiger partial charge in [-0.3, -0.25) is 0 Å². The first-order valence-corrected chi connectivity index (χ1v) is 7.30. The van der Waals surface area contributed by atoms with Gasteiger partial charge >= 0.3 is 0 Å². The maximum absolute atomic E-state index is 5.37. The lowest BCUT2D eigenvalue weighted by Crippen LogP contribution is -2.02. The minimum Gasteiger partial charge on any atom is -0.140 e. The number of hydrogen-bond donors (Lipinski definition) is 1. The van der Waals surface area contributed by atoms with Crippen molar-refractivity contribution in [2.24, 2.45) is 0 Å². The molecule has 56 valence electrons. The zero-order valence-electron chi connectivity index (χ0n) is 6.46. The van der Waals surface area contributed by atoms with E-state index < -0.39 is 5.24 Å². The van der Waals surface area contributed by atoms with Crippen LogP contribution in [0.25, 0.3) is 0 Å². The van der Waals surface area contributed by atoms with Gasteiger partial charge in [0.1, 0.15) is 0 Å². The van der Waals surface area contributed by atoms with E-state index in [0.29, 0.717) is 11.3 Å². The molecule has 0 amide bonds. The Bertz CT molecular complexity index is 117. The molecule has 0 spiro atoms. The van der Waals surface area contributed by atoms with Crippen LogP contribution in [0.2, 0.25) is 0 Å². The molecule has 0 aromatic heterocycles. The summed E-state index contributed by atoms with van der Waals surface area (Å²) in [6.07, 6.45) is 0. The number of hydrogen-bond acceptors (Lipinski definition) is 1. The predicted molar refractivity (Wildman–Crippen MR) is 53.5 cm³/mol. The fourth-order valence-electron chi connectivity index (χ4n) is 0.596. The monoisotopic (exact) mass is 182 g/mol. The number of thiol groups is 1. The van der Waals surface area contributed by atoms with Crippen molar-refractivity contribution in [3.63, 3.8) is 0 Å². The minimum absolute atomic E-state index is 0.579. The van der Waals surface area contributed by atoms with Gasteiger partial charge in [-0.1, -0.05) is 39.5 Å². The highest BCUT2D eigenvalue weighted by Gasteiger charge is 2.19. The lowest BCUT2D eigenvalue weighted by atomic mass is 10.5. The van der Waals surface area contributed by atoms with Crippen LogP contribution in [0.4, 0.5) is 0 Å². The second-order valence-corrected chi connectivity index (χ2v) is 10.9. The van der Waals surface area contributed by atoms with E-state index in [2.05, 4.69) is 39.9 Å². The van der Waals surface area contributed by atoms with Gasteiger partial charge in [0.15, 0.2) is 0 Å². The molecule has 0 aromatic rings. The fourth-order valence-corrected chi connectivity index (χ4v) is 1.79. The van der Waals surface area contributed by atoms with Crippen LogP contribution in [0, 0.1) is 0 Å². The van der Waals surface area contributed by atoms with Gasteiger partial charge in [-0.15, -0.1) is 12.2 Å². The molecule has 0 radical (unpaired) electrons. The molecule has 3 heteroatoms. The van der Waals surface area contributed by atoms with Crippen molar-refractivity contribution < 1.29 is 0 Å². The number of rotatable bonds is 2. The first-order valence-electron chi connectivity index (χ1n) is 3.21. The van der Waals surface area contributed by atoms with E-state index in [-0.39, 0.29) is 0 Å². The molecule has 0 bridgehead atoms. The van der Waals surface area contributed by atoms with Crippen molar-refractivity contribution >= 4 is 29.3 Å². The van der Waals surface area contributed by atoms with Crippen molar-refractivity contribution in [3.8, 4) is 0 Å². The summed E-state index contributed by atoms with van der Waals surface area (Å²) >= 11 is 9.87. The topological polar surface area (TPSA) is 0 Å². The van der Waals surface area contributed by atoms with E-state index in [0.717, 1.165) is 0 Å².